The number of rotatable bonds is 1. The van der Waals surface area contributed by atoms with Crippen LogP contribution in [0.25, 0.3) is 15.9 Å². The molecule has 3 aromatic heterocycles. The van der Waals surface area contributed by atoms with Crippen LogP contribution < -0.4 is 5.48 Å². The largest absolute Gasteiger partial charge is 0.288 e. The van der Waals surface area contributed by atoms with E-state index in [2.05, 4.69) is 15.5 Å². The Morgan fingerprint density at radius 3 is 3.25 bits per heavy atom. The number of nitrogens with zero attached hydrogens (tertiary/aromatic N) is 4. The highest BCUT2D eigenvalue weighted by atomic mass is 32.1. The van der Waals surface area contributed by atoms with E-state index in [0.717, 1.165) is 10.2 Å². The van der Waals surface area contributed by atoms with E-state index in [4.69, 9.17) is 5.21 Å². The Bertz CT molecular complexity index is 688. The molecule has 0 aromatic carbocycles. The first-order valence-corrected chi connectivity index (χ1v) is 5.22. The lowest BCUT2D eigenvalue weighted by Crippen LogP contribution is -2.19. The average Bonchev–Trinajstić information content (AvgIpc) is 2.93. The summed E-state index contributed by atoms with van der Waals surface area (Å²) in [4.78, 5) is 11.4. The number of hydroxylamine groups is 1. The Hall–Kier alpha value is -2.06. The Morgan fingerprint density at radius 1 is 1.56 bits per heavy atom. The van der Waals surface area contributed by atoms with Gasteiger partial charge in [-0.25, -0.2) is 5.48 Å². The Balaban J connectivity index is 2.47. The molecule has 3 aromatic rings. The van der Waals surface area contributed by atoms with Gasteiger partial charge in [0.25, 0.3) is 5.91 Å². The molecule has 0 spiro atoms. The molecule has 3 heterocycles. The number of amides is 1. The Kier molecular flexibility index (Phi) is 1.85. The number of hydrogen-bond donors (Lipinski definition) is 2. The molecule has 8 heteroatoms. The van der Waals surface area contributed by atoms with Crippen molar-refractivity contribution in [2.45, 2.75) is 0 Å². The molecule has 0 aliphatic rings. The predicted molar refractivity (Wildman–Crippen MR) is 55.4 cm³/mol. The van der Waals surface area contributed by atoms with Gasteiger partial charge in [-0.15, -0.1) is 16.4 Å². The van der Waals surface area contributed by atoms with Crippen molar-refractivity contribution in [1.29, 1.82) is 0 Å². The summed E-state index contributed by atoms with van der Waals surface area (Å²) in [5.74, 6) is -0.630. The molecule has 0 bridgehead atoms. The topological polar surface area (TPSA) is 92.4 Å². The second-order valence-corrected chi connectivity index (χ2v) is 4.03. The van der Waals surface area contributed by atoms with Gasteiger partial charge in [-0.1, -0.05) is 0 Å². The Morgan fingerprint density at radius 2 is 2.44 bits per heavy atom. The van der Waals surface area contributed by atoms with Crippen LogP contribution in [0.5, 0.6) is 0 Å². The van der Waals surface area contributed by atoms with Gasteiger partial charge < -0.3 is 0 Å². The standard InChI is InChI=1S/C8H5N5O2S/c14-8(10-15)4-3-6-5(1-2-16-6)13-7(4)9-11-12-13/h1-3,15H,(H,10,14). The summed E-state index contributed by atoms with van der Waals surface area (Å²) in [5.41, 5.74) is 2.97. The number of hydrogen-bond acceptors (Lipinski definition) is 6. The SMILES string of the molecule is O=C(NO)c1cc2sccc2n2nnnc12. The van der Waals surface area contributed by atoms with Gasteiger partial charge in [0.2, 0.25) is 0 Å². The maximum absolute atomic E-state index is 11.4. The van der Waals surface area contributed by atoms with Crippen LogP contribution in [0.2, 0.25) is 0 Å². The highest BCUT2D eigenvalue weighted by molar-refractivity contribution is 7.17. The highest BCUT2D eigenvalue weighted by Gasteiger charge is 2.15. The van der Waals surface area contributed by atoms with Crippen molar-refractivity contribution in [3.8, 4) is 0 Å². The molecule has 3 rings (SSSR count). The van der Waals surface area contributed by atoms with Gasteiger partial charge in [-0.2, -0.15) is 4.52 Å². The van der Waals surface area contributed by atoms with Gasteiger partial charge in [0.1, 0.15) is 0 Å². The van der Waals surface area contributed by atoms with E-state index in [1.54, 1.807) is 11.5 Å². The molecular weight excluding hydrogens is 230 g/mol. The van der Waals surface area contributed by atoms with Crippen LogP contribution in [-0.4, -0.2) is 31.2 Å². The third-order valence-electron chi connectivity index (χ3n) is 2.23. The van der Waals surface area contributed by atoms with Crippen LogP contribution in [0.15, 0.2) is 17.5 Å². The van der Waals surface area contributed by atoms with Crippen molar-refractivity contribution in [2.24, 2.45) is 0 Å². The number of aromatic nitrogens is 4. The fourth-order valence-corrected chi connectivity index (χ4v) is 2.34. The number of nitrogens with one attached hydrogen (secondary N) is 1. The molecule has 16 heavy (non-hydrogen) atoms. The highest BCUT2D eigenvalue weighted by Crippen LogP contribution is 2.23. The minimum Gasteiger partial charge on any atom is -0.288 e. The first-order chi connectivity index (χ1) is 7.81. The van der Waals surface area contributed by atoms with Crippen molar-refractivity contribution in [2.75, 3.05) is 0 Å². The van der Waals surface area contributed by atoms with Crippen LogP contribution in [-0.2, 0) is 0 Å². The summed E-state index contributed by atoms with van der Waals surface area (Å²) >= 11 is 1.47. The van der Waals surface area contributed by atoms with Gasteiger partial charge >= 0.3 is 0 Å². The van der Waals surface area contributed by atoms with Gasteiger partial charge in [-0.05, 0) is 27.9 Å². The molecule has 2 N–H and O–H groups in total. The van der Waals surface area contributed by atoms with E-state index in [9.17, 15) is 4.79 Å². The summed E-state index contributed by atoms with van der Waals surface area (Å²) < 4.78 is 2.34. The predicted octanol–water partition coefficient (Wildman–Crippen LogP) is 0.458. The van der Waals surface area contributed by atoms with E-state index in [-0.39, 0.29) is 5.56 Å². The molecule has 0 fully saturated rings. The van der Waals surface area contributed by atoms with Crippen molar-refractivity contribution in [1.82, 2.24) is 25.5 Å². The second-order valence-electron chi connectivity index (χ2n) is 3.08. The van der Waals surface area contributed by atoms with E-state index in [1.807, 2.05) is 11.4 Å². The second kappa shape index (κ2) is 3.22. The lowest BCUT2D eigenvalue weighted by atomic mass is 10.2. The number of pyridine rings is 1. The van der Waals surface area contributed by atoms with Crippen LogP contribution >= 0.6 is 11.3 Å². The van der Waals surface area contributed by atoms with Gasteiger partial charge in [-0.3, -0.25) is 10.0 Å². The maximum Gasteiger partial charge on any atom is 0.278 e. The van der Waals surface area contributed by atoms with Crippen molar-refractivity contribution in [3.05, 3.63) is 23.1 Å². The maximum atomic E-state index is 11.4. The lowest BCUT2D eigenvalue weighted by molar-refractivity contribution is 0.0708. The molecule has 7 nitrogen and oxygen atoms in total. The quantitative estimate of drug-likeness (QED) is 0.472. The zero-order valence-corrected chi connectivity index (χ0v) is 8.60. The van der Waals surface area contributed by atoms with E-state index in [0.29, 0.717) is 5.65 Å². The fraction of sp³-hybridized carbons (Fsp3) is 0. The van der Waals surface area contributed by atoms with Crippen molar-refractivity contribution in [3.63, 3.8) is 0 Å². The van der Waals surface area contributed by atoms with Crippen LogP contribution in [0.4, 0.5) is 0 Å². The first-order valence-electron chi connectivity index (χ1n) is 4.34. The number of fused-ring (bicyclic) bond motifs is 3. The molecule has 80 valence electrons. The van der Waals surface area contributed by atoms with Crippen LogP contribution in [0.3, 0.4) is 0 Å². The average molecular weight is 235 g/mol. The van der Waals surface area contributed by atoms with Gasteiger partial charge in [0.15, 0.2) is 5.65 Å². The lowest BCUT2D eigenvalue weighted by Gasteiger charge is -2.00. The van der Waals surface area contributed by atoms with Crippen LogP contribution in [0, 0.1) is 0 Å². The zero-order chi connectivity index (χ0) is 11.1. The third-order valence-corrected chi connectivity index (χ3v) is 3.09. The molecule has 0 saturated heterocycles. The fourth-order valence-electron chi connectivity index (χ4n) is 1.54. The van der Waals surface area contributed by atoms with Crippen LogP contribution in [0.1, 0.15) is 10.4 Å². The smallest absolute Gasteiger partial charge is 0.278 e. The molecular formula is C8H5N5O2S. The Labute approximate surface area is 92.3 Å². The van der Waals surface area contributed by atoms with Gasteiger partial charge in [0, 0.05) is 0 Å². The summed E-state index contributed by atoms with van der Waals surface area (Å²) in [6.07, 6.45) is 0. The minimum atomic E-state index is -0.630. The number of thiophene rings is 1. The molecule has 0 unspecified atom stereocenters. The first kappa shape index (κ1) is 9.19. The van der Waals surface area contributed by atoms with Crippen molar-refractivity contribution < 1.29 is 10.0 Å². The number of tetrazole rings is 1. The summed E-state index contributed by atoms with van der Waals surface area (Å²) in [7, 11) is 0. The summed E-state index contributed by atoms with van der Waals surface area (Å²) in [6.45, 7) is 0. The van der Waals surface area contributed by atoms with E-state index < -0.39 is 5.91 Å². The molecule has 0 aliphatic heterocycles. The number of carbonyl (C=O) groups is 1. The molecule has 1 amide bonds. The zero-order valence-electron chi connectivity index (χ0n) is 7.78. The third kappa shape index (κ3) is 1.11. The summed E-state index contributed by atoms with van der Waals surface area (Å²) in [5, 5.41) is 21.6. The molecule has 0 radical (unpaired) electrons. The van der Waals surface area contributed by atoms with E-state index in [1.165, 1.54) is 15.9 Å². The molecule has 0 aliphatic carbocycles. The molecule has 0 atom stereocenters. The molecule has 0 saturated carbocycles. The normalized spacial score (nSPS) is 11.1. The van der Waals surface area contributed by atoms with Gasteiger partial charge in [0.05, 0.1) is 15.8 Å². The summed E-state index contributed by atoms with van der Waals surface area (Å²) in [6, 6.07) is 3.52. The number of carbonyl (C=O) groups excluding carboxylic acids is 1. The van der Waals surface area contributed by atoms with Crippen molar-refractivity contribution >= 4 is 33.1 Å². The monoisotopic (exact) mass is 235 g/mol. The van der Waals surface area contributed by atoms with E-state index >= 15 is 0 Å². The minimum absolute atomic E-state index is 0.238.